The zero-order valence-corrected chi connectivity index (χ0v) is 15.9. The van der Waals surface area contributed by atoms with E-state index < -0.39 is 0 Å². The Balaban J connectivity index is 2.17. The molecule has 4 rings (SSSR count). The first-order chi connectivity index (χ1) is 11.2. The molecule has 0 spiro atoms. The molecule has 3 aromatic carbocycles. The second-order valence-corrected chi connectivity index (χ2v) is 7.95. The molecular weight excluding hydrogens is 412 g/mol. The number of rotatable bonds is 0. The van der Waals surface area contributed by atoms with Gasteiger partial charge in [-0.2, -0.15) is 0 Å². The number of hydrogen-bond acceptors (Lipinski definition) is 0. The molecule has 2 atom stereocenters. The van der Waals surface area contributed by atoms with Gasteiger partial charge in [-0.05, 0) is 45.9 Å². The summed E-state index contributed by atoms with van der Waals surface area (Å²) in [7, 11) is 0. The van der Waals surface area contributed by atoms with Gasteiger partial charge in [0.2, 0.25) is 0 Å². The Hall–Kier alpha value is -1.38. The third kappa shape index (κ3) is 2.40. The second-order valence-electron chi connectivity index (χ2n) is 5.98. The van der Waals surface area contributed by atoms with Gasteiger partial charge >= 0.3 is 0 Å². The van der Waals surface area contributed by atoms with Crippen LogP contribution in [0.25, 0.3) is 22.3 Å². The Morgan fingerprint density at radius 1 is 0.609 bits per heavy atom. The monoisotopic (exact) mass is 426 g/mol. The summed E-state index contributed by atoms with van der Waals surface area (Å²) >= 11 is 7.87. The van der Waals surface area contributed by atoms with Gasteiger partial charge in [-0.15, -0.1) is 0 Å². The molecule has 0 N–H and O–H groups in total. The van der Waals surface area contributed by atoms with Gasteiger partial charge in [0.25, 0.3) is 0 Å². The van der Waals surface area contributed by atoms with E-state index in [-0.39, 0.29) is 9.65 Å². The first-order valence-corrected chi connectivity index (χ1v) is 9.58. The zero-order chi connectivity index (χ0) is 16.0. The van der Waals surface area contributed by atoms with E-state index in [0.29, 0.717) is 0 Å². The molecule has 0 heterocycles. The molecule has 2 heteroatoms. The van der Waals surface area contributed by atoms with Crippen molar-refractivity contribution in [1.29, 1.82) is 0 Å². The lowest BCUT2D eigenvalue weighted by Crippen LogP contribution is -2.07. The molecule has 0 aromatic heterocycles. The average Bonchev–Trinajstić information content (AvgIpc) is 2.59. The highest BCUT2D eigenvalue weighted by molar-refractivity contribution is 9.12. The Kier molecular flexibility index (Phi) is 3.90. The number of aryl methyl sites for hydroxylation is 1. The molecule has 0 radical (unpaired) electrons. The molecule has 114 valence electrons. The topological polar surface area (TPSA) is 0 Å². The molecular formula is C21H16Br2. The predicted molar refractivity (Wildman–Crippen MR) is 105 cm³/mol. The van der Waals surface area contributed by atoms with Gasteiger partial charge in [0.1, 0.15) is 0 Å². The van der Waals surface area contributed by atoms with E-state index in [1.807, 2.05) is 0 Å². The van der Waals surface area contributed by atoms with Gasteiger partial charge in [-0.3, -0.25) is 0 Å². The summed E-state index contributed by atoms with van der Waals surface area (Å²) in [5.74, 6) is 0. The number of hydrogen-bond donors (Lipinski definition) is 0. The lowest BCUT2D eigenvalue weighted by atomic mass is 9.82. The fraction of sp³-hybridized carbons (Fsp3) is 0.143. The van der Waals surface area contributed by atoms with Crippen molar-refractivity contribution < 1.29 is 0 Å². The highest BCUT2D eigenvalue weighted by Gasteiger charge is 2.28. The van der Waals surface area contributed by atoms with Crippen LogP contribution in [0.15, 0.2) is 66.7 Å². The van der Waals surface area contributed by atoms with Crippen LogP contribution in [0.1, 0.15) is 26.3 Å². The van der Waals surface area contributed by atoms with E-state index in [1.54, 1.807) is 0 Å². The lowest BCUT2D eigenvalue weighted by molar-refractivity contribution is 0.938. The third-order valence-electron chi connectivity index (χ3n) is 4.61. The van der Waals surface area contributed by atoms with Gasteiger partial charge < -0.3 is 0 Å². The van der Waals surface area contributed by atoms with Crippen molar-refractivity contribution in [3.05, 3.63) is 83.4 Å². The fourth-order valence-corrected chi connectivity index (χ4v) is 4.88. The SMILES string of the molecule is Cc1cccc2c1-c1ccccc1[C@@H](Br)[C@H](Br)c1ccccc1-2. The summed E-state index contributed by atoms with van der Waals surface area (Å²) in [4.78, 5) is 0.459. The van der Waals surface area contributed by atoms with Crippen molar-refractivity contribution in [1.82, 2.24) is 0 Å². The first-order valence-electron chi connectivity index (χ1n) is 7.75. The van der Waals surface area contributed by atoms with Crippen LogP contribution < -0.4 is 0 Å². The normalized spacial score (nSPS) is 19.1. The quantitative estimate of drug-likeness (QED) is 0.332. The summed E-state index contributed by atoms with van der Waals surface area (Å²) in [5.41, 5.74) is 9.28. The number of halogens is 2. The minimum absolute atomic E-state index is 0.229. The molecule has 0 unspecified atom stereocenters. The molecule has 0 nitrogen and oxygen atoms in total. The number of fused-ring (bicyclic) bond motifs is 5. The molecule has 0 fully saturated rings. The summed E-state index contributed by atoms with van der Waals surface area (Å²) in [6.07, 6.45) is 0. The van der Waals surface area contributed by atoms with Crippen LogP contribution in [0.2, 0.25) is 0 Å². The van der Waals surface area contributed by atoms with E-state index in [4.69, 9.17) is 0 Å². The highest BCUT2D eigenvalue weighted by Crippen LogP contribution is 2.52. The number of benzene rings is 3. The van der Waals surface area contributed by atoms with Crippen LogP contribution in [-0.4, -0.2) is 0 Å². The predicted octanol–water partition coefficient (Wildman–Crippen LogP) is 7.21. The largest absolute Gasteiger partial charge is 0.0823 e. The van der Waals surface area contributed by atoms with Crippen molar-refractivity contribution in [3.8, 4) is 22.3 Å². The van der Waals surface area contributed by atoms with E-state index in [1.165, 1.54) is 38.9 Å². The van der Waals surface area contributed by atoms with Crippen molar-refractivity contribution in [2.45, 2.75) is 16.6 Å². The first kappa shape index (κ1) is 15.2. The summed E-state index contributed by atoms with van der Waals surface area (Å²) in [5, 5.41) is 0. The molecule has 0 saturated heterocycles. The third-order valence-corrected chi connectivity index (χ3v) is 7.36. The molecule has 1 aliphatic carbocycles. The smallest absolute Gasteiger partial charge is 0.0567 e. The summed E-state index contributed by atoms with van der Waals surface area (Å²) in [6, 6.07) is 24.0. The van der Waals surface area contributed by atoms with Crippen molar-refractivity contribution in [3.63, 3.8) is 0 Å². The summed E-state index contributed by atoms with van der Waals surface area (Å²) in [6.45, 7) is 2.20. The van der Waals surface area contributed by atoms with E-state index in [0.717, 1.165) is 0 Å². The molecule has 3 aromatic rings. The van der Waals surface area contributed by atoms with Gasteiger partial charge in [0.05, 0.1) is 9.65 Å². The van der Waals surface area contributed by atoms with Gasteiger partial charge in [-0.1, -0.05) is 98.6 Å². The number of alkyl halides is 2. The van der Waals surface area contributed by atoms with Crippen LogP contribution in [0.4, 0.5) is 0 Å². The molecule has 0 aliphatic heterocycles. The van der Waals surface area contributed by atoms with Crippen LogP contribution in [0.5, 0.6) is 0 Å². The molecule has 1 aliphatic rings. The highest BCUT2D eigenvalue weighted by atomic mass is 79.9. The van der Waals surface area contributed by atoms with E-state index in [9.17, 15) is 0 Å². The molecule has 23 heavy (non-hydrogen) atoms. The van der Waals surface area contributed by atoms with Crippen molar-refractivity contribution in [2.75, 3.05) is 0 Å². The maximum absolute atomic E-state index is 3.94. The molecule has 0 saturated carbocycles. The van der Waals surface area contributed by atoms with Crippen LogP contribution in [0.3, 0.4) is 0 Å². The van der Waals surface area contributed by atoms with Gasteiger partial charge in [0, 0.05) is 0 Å². The van der Waals surface area contributed by atoms with E-state index in [2.05, 4.69) is 106 Å². The Bertz CT molecular complexity index is 883. The minimum Gasteiger partial charge on any atom is -0.0823 e. The fourth-order valence-electron chi connectivity index (χ4n) is 3.51. The molecule has 0 bridgehead atoms. The average molecular weight is 428 g/mol. The Morgan fingerprint density at radius 2 is 1.13 bits per heavy atom. The van der Waals surface area contributed by atoms with Crippen molar-refractivity contribution in [2.24, 2.45) is 0 Å². The van der Waals surface area contributed by atoms with Crippen LogP contribution in [-0.2, 0) is 0 Å². The maximum atomic E-state index is 3.94. The maximum Gasteiger partial charge on any atom is 0.0567 e. The zero-order valence-electron chi connectivity index (χ0n) is 12.8. The second kappa shape index (κ2) is 5.92. The Morgan fingerprint density at radius 3 is 1.83 bits per heavy atom. The van der Waals surface area contributed by atoms with Crippen LogP contribution in [0, 0.1) is 6.92 Å². The van der Waals surface area contributed by atoms with Crippen LogP contribution >= 0.6 is 31.9 Å². The van der Waals surface area contributed by atoms with E-state index >= 15 is 0 Å². The standard InChI is InChI=1S/C21H16Br2/c1-13-7-6-12-15-14-8-2-4-10-17(14)20(22)21(23)18-11-5-3-9-16(18)19(13)15/h2-12,20-21H,1H3/t20-,21-/m1/s1. The van der Waals surface area contributed by atoms with Crippen molar-refractivity contribution >= 4 is 31.9 Å². The minimum atomic E-state index is 0.229. The molecule has 0 amide bonds. The van der Waals surface area contributed by atoms with Gasteiger partial charge in [0.15, 0.2) is 0 Å². The van der Waals surface area contributed by atoms with Gasteiger partial charge in [-0.25, -0.2) is 0 Å². The summed E-state index contributed by atoms with van der Waals surface area (Å²) < 4.78 is 0. The lowest BCUT2D eigenvalue weighted by Gasteiger charge is -2.28. The Labute approximate surface area is 153 Å².